The van der Waals surface area contributed by atoms with Crippen molar-refractivity contribution in [1.82, 2.24) is 0 Å². The summed E-state index contributed by atoms with van der Waals surface area (Å²) in [6, 6.07) is 10.7. The summed E-state index contributed by atoms with van der Waals surface area (Å²) in [6.45, 7) is 2.26. The largest absolute Gasteiger partial charge is 0.497 e. The van der Waals surface area contributed by atoms with Crippen LogP contribution in [-0.2, 0) is 6.42 Å². The second-order valence-corrected chi connectivity index (χ2v) is 5.62. The second kappa shape index (κ2) is 5.44. The number of hydrogen-bond donors (Lipinski definition) is 0. The van der Waals surface area contributed by atoms with Crippen molar-refractivity contribution in [3.8, 4) is 11.8 Å². The molecule has 2 heteroatoms. The van der Waals surface area contributed by atoms with Gasteiger partial charge >= 0.3 is 0 Å². The van der Waals surface area contributed by atoms with Crippen molar-refractivity contribution < 1.29 is 4.74 Å². The summed E-state index contributed by atoms with van der Waals surface area (Å²) in [5.74, 6) is 1.55. The van der Waals surface area contributed by atoms with E-state index >= 15 is 0 Å². The summed E-state index contributed by atoms with van der Waals surface area (Å²) in [7, 11) is 1.68. The molecule has 1 aliphatic rings. The van der Waals surface area contributed by atoms with E-state index in [9.17, 15) is 5.26 Å². The lowest BCUT2D eigenvalue weighted by atomic mass is 9.68. The quantitative estimate of drug-likeness (QED) is 0.805. The summed E-state index contributed by atoms with van der Waals surface area (Å²) >= 11 is 0. The minimum absolute atomic E-state index is 0.163. The molecule has 0 saturated heterocycles. The van der Waals surface area contributed by atoms with E-state index in [1.54, 1.807) is 7.11 Å². The van der Waals surface area contributed by atoms with E-state index in [-0.39, 0.29) is 5.41 Å². The molecule has 1 aliphatic carbocycles. The van der Waals surface area contributed by atoms with Crippen LogP contribution in [0.3, 0.4) is 0 Å². The topological polar surface area (TPSA) is 33.0 Å². The number of hydrogen-bond acceptors (Lipinski definition) is 2. The zero-order valence-electron chi connectivity index (χ0n) is 11.3. The molecule has 0 amide bonds. The molecule has 0 spiro atoms. The number of methoxy groups -OCH3 is 1. The van der Waals surface area contributed by atoms with Crippen molar-refractivity contribution in [2.75, 3.05) is 7.11 Å². The molecule has 2 atom stereocenters. The highest BCUT2D eigenvalue weighted by Gasteiger charge is 2.35. The van der Waals surface area contributed by atoms with Crippen molar-refractivity contribution >= 4 is 0 Å². The van der Waals surface area contributed by atoms with Gasteiger partial charge in [-0.3, -0.25) is 0 Å². The van der Waals surface area contributed by atoms with Crippen LogP contribution >= 0.6 is 0 Å². The van der Waals surface area contributed by atoms with Gasteiger partial charge in [-0.2, -0.15) is 5.26 Å². The van der Waals surface area contributed by atoms with E-state index in [2.05, 4.69) is 25.1 Å². The van der Waals surface area contributed by atoms with Crippen molar-refractivity contribution in [2.24, 2.45) is 11.3 Å². The predicted molar refractivity (Wildman–Crippen MR) is 72.4 cm³/mol. The first-order chi connectivity index (χ1) is 8.67. The highest BCUT2D eigenvalue weighted by atomic mass is 16.5. The first-order valence-electron chi connectivity index (χ1n) is 6.72. The SMILES string of the molecule is COc1cccc(CC2(C#N)CCCC(C)C2)c1. The van der Waals surface area contributed by atoms with E-state index in [1.165, 1.54) is 18.4 Å². The van der Waals surface area contributed by atoms with Crippen LogP contribution in [0.1, 0.15) is 38.2 Å². The Hall–Kier alpha value is -1.49. The van der Waals surface area contributed by atoms with Gasteiger partial charge in [0.25, 0.3) is 0 Å². The number of benzene rings is 1. The molecule has 0 aromatic heterocycles. The Kier molecular flexibility index (Phi) is 3.91. The molecule has 2 unspecified atom stereocenters. The fraction of sp³-hybridized carbons (Fsp3) is 0.562. The maximum atomic E-state index is 9.57. The fourth-order valence-corrected chi connectivity index (χ4v) is 3.13. The van der Waals surface area contributed by atoms with Gasteiger partial charge in [-0.15, -0.1) is 0 Å². The van der Waals surface area contributed by atoms with Crippen LogP contribution in [-0.4, -0.2) is 7.11 Å². The highest BCUT2D eigenvalue weighted by Crippen LogP contribution is 2.41. The van der Waals surface area contributed by atoms with Crippen LogP contribution in [0.15, 0.2) is 24.3 Å². The predicted octanol–water partition coefficient (Wildman–Crippen LogP) is 3.96. The van der Waals surface area contributed by atoms with Crippen LogP contribution in [0, 0.1) is 22.7 Å². The van der Waals surface area contributed by atoms with Gasteiger partial charge in [-0.25, -0.2) is 0 Å². The Labute approximate surface area is 110 Å². The van der Waals surface area contributed by atoms with Crippen molar-refractivity contribution in [3.63, 3.8) is 0 Å². The first kappa shape index (κ1) is 13.0. The summed E-state index contributed by atoms with van der Waals surface area (Å²) in [4.78, 5) is 0. The molecular weight excluding hydrogens is 222 g/mol. The van der Waals surface area contributed by atoms with Crippen LogP contribution in [0.25, 0.3) is 0 Å². The van der Waals surface area contributed by atoms with Gasteiger partial charge < -0.3 is 4.74 Å². The third-order valence-corrected chi connectivity index (χ3v) is 4.01. The lowest BCUT2D eigenvalue weighted by Gasteiger charge is -2.34. The Morgan fingerprint density at radius 3 is 3.00 bits per heavy atom. The van der Waals surface area contributed by atoms with Gasteiger partial charge in [-0.05, 0) is 42.9 Å². The normalized spacial score (nSPS) is 27.5. The lowest BCUT2D eigenvalue weighted by molar-refractivity contribution is 0.209. The van der Waals surface area contributed by atoms with Crippen molar-refractivity contribution in [3.05, 3.63) is 29.8 Å². The van der Waals surface area contributed by atoms with Crippen LogP contribution in [0.5, 0.6) is 5.75 Å². The zero-order valence-corrected chi connectivity index (χ0v) is 11.3. The number of rotatable bonds is 3. The Morgan fingerprint density at radius 2 is 2.33 bits per heavy atom. The highest BCUT2D eigenvalue weighted by molar-refractivity contribution is 5.30. The van der Waals surface area contributed by atoms with Crippen molar-refractivity contribution in [2.45, 2.75) is 39.0 Å². The summed E-state index contributed by atoms with van der Waals surface area (Å²) in [5.41, 5.74) is 1.05. The summed E-state index contributed by atoms with van der Waals surface area (Å²) < 4.78 is 5.25. The second-order valence-electron chi connectivity index (χ2n) is 5.62. The molecule has 2 rings (SSSR count). The van der Waals surface area contributed by atoms with Gasteiger partial charge in [-0.1, -0.05) is 31.9 Å². The standard InChI is InChI=1S/C16H21NO/c1-13-5-4-8-16(10-13,12-17)11-14-6-3-7-15(9-14)18-2/h3,6-7,9,13H,4-5,8,10-11H2,1-2H3. The lowest BCUT2D eigenvalue weighted by Crippen LogP contribution is -2.28. The van der Waals surface area contributed by atoms with Gasteiger partial charge in [0.15, 0.2) is 0 Å². The van der Waals surface area contributed by atoms with Gasteiger partial charge in [0.1, 0.15) is 5.75 Å². The van der Waals surface area contributed by atoms with Gasteiger partial charge in [0.05, 0.1) is 18.6 Å². The van der Waals surface area contributed by atoms with Crippen LogP contribution in [0.2, 0.25) is 0 Å². The molecule has 1 saturated carbocycles. The van der Waals surface area contributed by atoms with Crippen LogP contribution < -0.4 is 4.74 Å². The molecular formula is C16H21NO. The third-order valence-electron chi connectivity index (χ3n) is 4.01. The monoisotopic (exact) mass is 243 g/mol. The average molecular weight is 243 g/mol. The molecule has 0 radical (unpaired) electrons. The molecule has 2 nitrogen and oxygen atoms in total. The molecule has 18 heavy (non-hydrogen) atoms. The number of ether oxygens (including phenoxy) is 1. The summed E-state index contributed by atoms with van der Waals surface area (Å²) in [5, 5.41) is 9.57. The first-order valence-corrected chi connectivity index (χ1v) is 6.72. The molecule has 0 heterocycles. The van der Waals surface area contributed by atoms with Gasteiger partial charge in [0, 0.05) is 0 Å². The van der Waals surface area contributed by atoms with Crippen LogP contribution in [0.4, 0.5) is 0 Å². The van der Waals surface area contributed by atoms with Crippen molar-refractivity contribution in [1.29, 1.82) is 5.26 Å². The molecule has 96 valence electrons. The summed E-state index contributed by atoms with van der Waals surface area (Å²) in [6.07, 6.45) is 5.36. The molecule has 0 bridgehead atoms. The minimum Gasteiger partial charge on any atom is -0.497 e. The number of nitrogens with zero attached hydrogens (tertiary/aromatic N) is 1. The Bertz CT molecular complexity index is 449. The molecule has 1 aromatic rings. The molecule has 1 aromatic carbocycles. The average Bonchev–Trinajstić information content (AvgIpc) is 2.39. The van der Waals surface area contributed by atoms with E-state index in [4.69, 9.17) is 4.74 Å². The van der Waals surface area contributed by atoms with E-state index in [0.717, 1.165) is 25.0 Å². The fourth-order valence-electron chi connectivity index (χ4n) is 3.13. The third kappa shape index (κ3) is 2.85. The maximum Gasteiger partial charge on any atom is 0.119 e. The zero-order chi connectivity index (χ0) is 13.0. The van der Waals surface area contributed by atoms with E-state index < -0.39 is 0 Å². The van der Waals surface area contributed by atoms with E-state index in [1.807, 2.05) is 12.1 Å². The van der Waals surface area contributed by atoms with E-state index in [0.29, 0.717) is 5.92 Å². The van der Waals surface area contributed by atoms with Gasteiger partial charge in [0.2, 0.25) is 0 Å². The number of nitriles is 1. The molecule has 0 N–H and O–H groups in total. The smallest absolute Gasteiger partial charge is 0.119 e. The molecule has 0 aliphatic heterocycles. The maximum absolute atomic E-state index is 9.57. The molecule has 1 fully saturated rings. The minimum atomic E-state index is -0.163. The Morgan fingerprint density at radius 1 is 1.50 bits per heavy atom. The Balaban J connectivity index is 2.17.